The first-order valence-corrected chi connectivity index (χ1v) is 6.87. The van der Waals surface area contributed by atoms with Crippen molar-refractivity contribution < 1.29 is 4.74 Å². The summed E-state index contributed by atoms with van der Waals surface area (Å²) in [6, 6.07) is 10.8. The molecule has 1 aliphatic rings. The van der Waals surface area contributed by atoms with E-state index in [1.54, 1.807) is 0 Å². The Morgan fingerprint density at radius 2 is 2.06 bits per heavy atom. The van der Waals surface area contributed by atoms with Crippen molar-refractivity contribution in [2.24, 2.45) is 11.7 Å². The standard InChI is InChI=1S/C15H24N2O/c1-12(9-16)17-10-14-7-15(8-14)18-11-13-5-3-2-4-6-13/h2-6,12,14-15,17H,7-11,16H2,1H3/t12-,14?,15?/m0/s1. The summed E-state index contributed by atoms with van der Waals surface area (Å²) in [5, 5.41) is 3.45. The second-order valence-corrected chi connectivity index (χ2v) is 5.30. The van der Waals surface area contributed by atoms with Gasteiger partial charge in [0.15, 0.2) is 0 Å². The van der Waals surface area contributed by atoms with Gasteiger partial charge in [0.05, 0.1) is 12.7 Å². The van der Waals surface area contributed by atoms with Crippen molar-refractivity contribution in [2.75, 3.05) is 13.1 Å². The van der Waals surface area contributed by atoms with Gasteiger partial charge in [0.1, 0.15) is 0 Å². The second-order valence-electron chi connectivity index (χ2n) is 5.30. The van der Waals surface area contributed by atoms with E-state index in [4.69, 9.17) is 10.5 Å². The van der Waals surface area contributed by atoms with Gasteiger partial charge in [-0.3, -0.25) is 0 Å². The lowest BCUT2D eigenvalue weighted by Crippen LogP contribution is -2.42. The molecule has 0 bridgehead atoms. The van der Waals surface area contributed by atoms with Crippen LogP contribution in [0.2, 0.25) is 0 Å². The first-order chi connectivity index (χ1) is 8.78. The third-order valence-corrected chi connectivity index (χ3v) is 3.63. The van der Waals surface area contributed by atoms with Crippen molar-refractivity contribution in [1.82, 2.24) is 5.32 Å². The van der Waals surface area contributed by atoms with Gasteiger partial charge < -0.3 is 15.8 Å². The highest BCUT2D eigenvalue weighted by Crippen LogP contribution is 2.30. The van der Waals surface area contributed by atoms with Crippen molar-refractivity contribution in [2.45, 2.75) is 38.5 Å². The molecule has 1 atom stereocenters. The summed E-state index contributed by atoms with van der Waals surface area (Å²) in [5.41, 5.74) is 6.83. The number of nitrogens with one attached hydrogen (secondary N) is 1. The van der Waals surface area contributed by atoms with Crippen LogP contribution in [0.25, 0.3) is 0 Å². The molecule has 0 amide bonds. The average Bonchev–Trinajstić information content (AvgIpc) is 2.37. The van der Waals surface area contributed by atoms with Crippen LogP contribution >= 0.6 is 0 Å². The molecule has 0 aromatic heterocycles. The Labute approximate surface area is 110 Å². The lowest BCUT2D eigenvalue weighted by Gasteiger charge is -2.36. The smallest absolute Gasteiger partial charge is 0.0720 e. The number of ether oxygens (including phenoxy) is 1. The molecule has 0 radical (unpaired) electrons. The number of hydrogen-bond donors (Lipinski definition) is 2. The summed E-state index contributed by atoms with van der Waals surface area (Å²) >= 11 is 0. The van der Waals surface area contributed by atoms with Crippen LogP contribution < -0.4 is 11.1 Å². The van der Waals surface area contributed by atoms with E-state index in [0.29, 0.717) is 18.7 Å². The summed E-state index contributed by atoms with van der Waals surface area (Å²) < 4.78 is 5.87. The highest BCUT2D eigenvalue weighted by molar-refractivity contribution is 5.13. The monoisotopic (exact) mass is 248 g/mol. The first kappa shape index (κ1) is 13.5. The lowest BCUT2D eigenvalue weighted by atomic mass is 9.82. The fourth-order valence-electron chi connectivity index (χ4n) is 2.22. The van der Waals surface area contributed by atoms with Crippen LogP contribution in [0.1, 0.15) is 25.3 Å². The SMILES string of the molecule is C[C@@H](CN)NCC1CC(OCc2ccccc2)C1. The van der Waals surface area contributed by atoms with E-state index in [0.717, 1.165) is 19.1 Å². The Balaban J connectivity index is 1.56. The van der Waals surface area contributed by atoms with Gasteiger partial charge in [-0.25, -0.2) is 0 Å². The minimum atomic E-state index is 0.425. The molecule has 1 fully saturated rings. The second kappa shape index (κ2) is 6.88. The van der Waals surface area contributed by atoms with Crippen LogP contribution in [0.3, 0.4) is 0 Å². The molecule has 0 saturated heterocycles. The third-order valence-electron chi connectivity index (χ3n) is 3.63. The highest BCUT2D eigenvalue weighted by Gasteiger charge is 2.29. The summed E-state index contributed by atoms with van der Waals surface area (Å²) in [5.74, 6) is 0.764. The Kier molecular flexibility index (Phi) is 5.17. The highest BCUT2D eigenvalue weighted by atomic mass is 16.5. The normalized spacial score (nSPS) is 24.6. The van der Waals surface area contributed by atoms with Crippen LogP contribution in [0.5, 0.6) is 0 Å². The van der Waals surface area contributed by atoms with Crippen molar-refractivity contribution in [3.05, 3.63) is 35.9 Å². The summed E-state index contributed by atoms with van der Waals surface area (Å²) in [6.45, 7) is 4.65. The van der Waals surface area contributed by atoms with E-state index < -0.39 is 0 Å². The zero-order chi connectivity index (χ0) is 12.8. The van der Waals surface area contributed by atoms with E-state index in [9.17, 15) is 0 Å². The molecule has 0 heterocycles. The lowest BCUT2D eigenvalue weighted by molar-refractivity contribution is -0.0399. The third kappa shape index (κ3) is 4.09. The predicted molar refractivity (Wildman–Crippen MR) is 74.3 cm³/mol. The minimum absolute atomic E-state index is 0.425. The van der Waals surface area contributed by atoms with E-state index in [1.165, 1.54) is 18.4 Å². The van der Waals surface area contributed by atoms with E-state index in [1.807, 2.05) is 6.07 Å². The van der Waals surface area contributed by atoms with Gasteiger partial charge in [-0.05, 0) is 37.8 Å². The maximum Gasteiger partial charge on any atom is 0.0720 e. The van der Waals surface area contributed by atoms with Crippen LogP contribution in [0, 0.1) is 5.92 Å². The molecule has 1 aliphatic carbocycles. The maximum atomic E-state index is 5.87. The van der Waals surface area contributed by atoms with Gasteiger partial charge in [-0.2, -0.15) is 0 Å². The molecule has 3 N–H and O–H groups in total. The topological polar surface area (TPSA) is 47.3 Å². The van der Waals surface area contributed by atoms with E-state index >= 15 is 0 Å². The zero-order valence-corrected chi connectivity index (χ0v) is 11.1. The molecule has 0 spiro atoms. The Hall–Kier alpha value is -0.900. The van der Waals surface area contributed by atoms with Crippen LogP contribution in [-0.2, 0) is 11.3 Å². The summed E-state index contributed by atoms with van der Waals surface area (Å²) in [4.78, 5) is 0. The largest absolute Gasteiger partial charge is 0.374 e. The van der Waals surface area contributed by atoms with E-state index in [-0.39, 0.29) is 0 Å². The molecule has 3 heteroatoms. The molecule has 2 rings (SSSR count). The number of benzene rings is 1. The zero-order valence-electron chi connectivity index (χ0n) is 11.1. The molecular weight excluding hydrogens is 224 g/mol. The quantitative estimate of drug-likeness (QED) is 0.775. The Bertz CT molecular complexity index is 336. The minimum Gasteiger partial charge on any atom is -0.374 e. The van der Waals surface area contributed by atoms with E-state index in [2.05, 4.69) is 36.5 Å². The Morgan fingerprint density at radius 3 is 2.72 bits per heavy atom. The molecule has 1 aromatic rings. The van der Waals surface area contributed by atoms with Crippen LogP contribution in [0.4, 0.5) is 0 Å². The Morgan fingerprint density at radius 1 is 1.33 bits per heavy atom. The number of rotatable bonds is 7. The van der Waals surface area contributed by atoms with Gasteiger partial charge in [-0.1, -0.05) is 30.3 Å². The maximum absolute atomic E-state index is 5.87. The van der Waals surface area contributed by atoms with Gasteiger partial charge in [-0.15, -0.1) is 0 Å². The van der Waals surface area contributed by atoms with Gasteiger partial charge >= 0.3 is 0 Å². The molecule has 100 valence electrons. The number of nitrogens with two attached hydrogens (primary N) is 1. The van der Waals surface area contributed by atoms with Crippen LogP contribution in [0.15, 0.2) is 30.3 Å². The molecule has 3 nitrogen and oxygen atoms in total. The molecule has 1 aromatic carbocycles. The number of hydrogen-bond acceptors (Lipinski definition) is 3. The fraction of sp³-hybridized carbons (Fsp3) is 0.600. The van der Waals surface area contributed by atoms with Crippen molar-refractivity contribution in [3.63, 3.8) is 0 Å². The average molecular weight is 248 g/mol. The fourth-order valence-corrected chi connectivity index (χ4v) is 2.22. The predicted octanol–water partition coefficient (Wildman–Crippen LogP) is 1.92. The van der Waals surface area contributed by atoms with Crippen molar-refractivity contribution in [1.29, 1.82) is 0 Å². The van der Waals surface area contributed by atoms with Gasteiger partial charge in [0.2, 0.25) is 0 Å². The summed E-state index contributed by atoms with van der Waals surface area (Å²) in [7, 11) is 0. The van der Waals surface area contributed by atoms with Crippen molar-refractivity contribution in [3.8, 4) is 0 Å². The summed E-state index contributed by atoms with van der Waals surface area (Å²) in [6.07, 6.45) is 2.80. The molecule has 0 unspecified atom stereocenters. The van der Waals surface area contributed by atoms with Gasteiger partial charge in [0, 0.05) is 12.6 Å². The molecule has 18 heavy (non-hydrogen) atoms. The first-order valence-electron chi connectivity index (χ1n) is 6.87. The molecular formula is C15H24N2O. The van der Waals surface area contributed by atoms with Gasteiger partial charge in [0.25, 0.3) is 0 Å². The van der Waals surface area contributed by atoms with Crippen molar-refractivity contribution >= 4 is 0 Å². The van der Waals surface area contributed by atoms with Crippen LogP contribution in [-0.4, -0.2) is 25.2 Å². The molecule has 1 saturated carbocycles. The molecule has 0 aliphatic heterocycles.